The van der Waals surface area contributed by atoms with Gasteiger partial charge in [-0.3, -0.25) is 9.78 Å². The van der Waals surface area contributed by atoms with E-state index in [1.54, 1.807) is 25.7 Å². The molecule has 0 spiro atoms. The fraction of sp³-hybridized carbons (Fsp3) is 0.292. The third-order valence-corrected chi connectivity index (χ3v) is 5.60. The first-order chi connectivity index (χ1) is 14.7. The van der Waals surface area contributed by atoms with Gasteiger partial charge in [0.1, 0.15) is 11.6 Å². The van der Waals surface area contributed by atoms with Crippen LogP contribution in [0.1, 0.15) is 23.5 Å². The van der Waals surface area contributed by atoms with Crippen LogP contribution >= 0.6 is 0 Å². The molecule has 1 aromatic heterocycles. The topological polar surface area (TPSA) is 58.6 Å². The molecule has 1 aliphatic heterocycles. The van der Waals surface area contributed by atoms with Crippen LogP contribution < -0.4 is 9.64 Å². The van der Waals surface area contributed by atoms with Crippen molar-refractivity contribution in [1.29, 1.82) is 0 Å². The predicted molar refractivity (Wildman–Crippen MR) is 117 cm³/mol. The van der Waals surface area contributed by atoms with E-state index in [9.17, 15) is 4.79 Å². The standard InChI is InChI=1S/C24H26N4O2/c1-30-21-9-7-20(8-10-21)22(19-5-3-2-4-6-19)17-24(29)28-15-13-27(14-16-28)23-18-25-11-12-26-23/h2-12,18,22H,13-17H2,1H3/t22-/m1/s1. The first-order valence-electron chi connectivity index (χ1n) is 10.2. The first-order valence-corrected chi connectivity index (χ1v) is 10.2. The molecule has 4 rings (SSSR count). The van der Waals surface area contributed by atoms with Crippen LogP contribution in [0.3, 0.4) is 0 Å². The van der Waals surface area contributed by atoms with Gasteiger partial charge in [0.2, 0.25) is 5.91 Å². The molecular weight excluding hydrogens is 376 g/mol. The zero-order chi connectivity index (χ0) is 20.8. The summed E-state index contributed by atoms with van der Waals surface area (Å²) in [5, 5.41) is 0. The minimum atomic E-state index is 0.0163. The minimum absolute atomic E-state index is 0.0163. The molecule has 2 aromatic carbocycles. The van der Waals surface area contributed by atoms with Gasteiger partial charge < -0.3 is 14.5 Å². The van der Waals surface area contributed by atoms with Crippen LogP contribution in [0.5, 0.6) is 5.75 Å². The van der Waals surface area contributed by atoms with Crippen molar-refractivity contribution in [2.24, 2.45) is 0 Å². The number of ether oxygens (including phenoxy) is 1. The predicted octanol–water partition coefficient (Wildman–Crippen LogP) is 3.36. The van der Waals surface area contributed by atoms with Gasteiger partial charge in [0.25, 0.3) is 0 Å². The molecule has 3 aromatic rings. The van der Waals surface area contributed by atoms with Crippen molar-refractivity contribution in [2.45, 2.75) is 12.3 Å². The zero-order valence-corrected chi connectivity index (χ0v) is 17.1. The fourth-order valence-electron chi connectivity index (χ4n) is 3.89. The second-order valence-electron chi connectivity index (χ2n) is 7.37. The number of amides is 1. The molecule has 6 nitrogen and oxygen atoms in total. The van der Waals surface area contributed by atoms with Crippen LogP contribution in [0.15, 0.2) is 73.2 Å². The lowest BCUT2D eigenvalue weighted by atomic mass is 9.88. The summed E-state index contributed by atoms with van der Waals surface area (Å²) < 4.78 is 5.29. The Morgan fingerprint density at radius 2 is 1.67 bits per heavy atom. The Hall–Kier alpha value is -3.41. The largest absolute Gasteiger partial charge is 0.497 e. The summed E-state index contributed by atoms with van der Waals surface area (Å²) in [4.78, 5) is 25.8. The molecule has 30 heavy (non-hydrogen) atoms. The second kappa shape index (κ2) is 9.39. The van der Waals surface area contributed by atoms with Gasteiger partial charge in [-0.05, 0) is 23.3 Å². The lowest BCUT2D eigenvalue weighted by molar-refractivity contribution is -0.131. The van der Waals surface area contributed by atoms with Crippen molar-refractivity contribution < 1.29 is 9.53 Å². The van der Waals surface area contributed by atoms with Gasteiger partial charge in [-0.1, -0.05) is 42.5 Å². The quantitative estimate of drug-likeness (QED) is 0.633. The maximum atomic E-state index is 13.2. The van der Waals surface area contributed by atoms with Crippen molar-refractivity contribution in [3.63, 3.8) is 0 Å². The van der Waals surface area contributed by atoms with Gasteiger partial charge in [0.05, 0.1) is 13.3 Å². The summed E-state index contributed by atoms with van der Waals surface area (Å²) in [6.45, 7) is 2.92. The fourth-order valence-corrected chi connectivity index (χ4v) is 3.89. The Kier molecular flexibility index (Phi) is 6.23. The van der Waals surface area contributed by atoms with Crippen molar-refractivity contribution in [3.05, 3.63) is 84.3 Å². The zero-order valence-electron chi connectivity index (χ0n) is 17.1. The Morgan fingerprint density at radius 3 is 2.30 bits per heavy atom. The molecular formula is C24H26N4O2. The monoisotopic (exact) mass is 402 g/mol. The normalized spacial score (nSPS) is 15.0. The van der Waals surface area contributed by atoms with Gasteiger partial charge in [-0.2, -0.15) is 0 Å². The van der Waals surface area contributed by atoms with Crippen LogP contribution in [0.25, 0.3) is 0 Å². The summed E-state index contributed by atoms with van der Waals surface area (Å²) in [6, 6.07) is 18.2. The molecule has 1 saturated heterocycles. The van der Waals surface area contributed by atoms with Gasteiger partial charge >= 0.3 is 0 Å². The number of rotatable bonds is 6. The lowest BCUT2D eigenvalue weighted by Gasteiger charge is -2.36. The molecule has 6 heteroatoms. The van der Waals surface area contributed by atoms with Crippen LogP contribution in [0.4, 0.5) is 5.82 Å². The molecule has 1 amide bonds. The molecule has 0 bridgehead atoms. The number of hydrogen-bond acceptors (Lipinski definition) is 5. The summed E-state index contributed by atoms with van der Waals surface area (Å²) >= 11 is 0. The number of aromatic nitrogens is 2. The average molecular weight is 402 g/mol. The Balaban J connectivity index is 1.45. The van der Waals surface area contributed by atoms with Crippen LogP contribution in [-0.2, 0) is 4.79 Å². The maximum absolute atomic E-state index is 13.2. The highest BCUT2D eigenvalue weighted by atomic mass is 16.5. The second-order valence-corrected chi connectivity index (χ2v) is 7.37. The van der Waals surface area contributed by atoms with E-state index in [4.69, 9.17) is 4.74 Å². The molecule has 2 heterocycles. The molecule has 0 unspecified atom stereocenters. The third kappa shape index (κ3) is 4.59. The molecule has 1 aliphatic rings. The van der Waals surface area contributed by atoms with Crippen molar-refractivity contribution in [2.75, 3.05) is 38.2 Å². The number of anilines is 1. The van der Waals surface area contributed by atoms with E-state index in [1.807, 2.05) is 35.2 Å². The van der Waals surface area contributed by atoms with Crippen LogP contribution in [0.2, 0.25) is 0 Å². The summed E-state index contributed by atoms with van der Waals surface area (Å²) in [6.07, 6.45) is 5.59. The maximum Gasteiger partial charge on any atom is 0.223 e. The number of piperazine rings is 1. The van der Waals surface area contributed by atoms with E-state index >= 15 is 0 Å². The van der Waals surface area contributed by atoms with E-state index in [0.29, 0.717) is 19.5 Å². The van der Waals surface area contributed by atoms with Gasteiger partial charge in [0.15, 0.2) is 0 Å². The van der Waals surface area contributed by atoms with E-state index in [2.05, 4.69) is 39.1 Å². The SMILES string of the molecule is COc1ccc([C@H](CC(=O)N2CCN(c3cnccn3)CC2)c2ccccc2)cc1. The van der Waals surface area contributed by atoms with E-state index in [1.165, 1.54) is 0 Å². The lowest BCUT2D eigenvalue weighted by Crippen LogP contribution is -2.49. The molecule has 0 radical (unpaired) electrons. The van der Waals surface area contributed by atoms with E-state index < -0.39 is 0 Å². The number of methoxy groups -OCH3 is 1. The molecule has 0 saturated carbocycles. The van der Waals surface area contributed by atoms with Crippen molar-refractivity contribution in [1.82, 2.24) is 14.9 Å². The van der Waals surface area contributed by atoms with E-state index in [0.717, 1.165) is 35.8 Å². The van der Waals surface area contributed by atoms with Crippen molar-refractivity contribution >= 4 is 11.7 Å². The van der Waals surface area contributed by atoms with E-state index in [-0.39, 0.29) is 11.8 Å². The highest BCUT2D eigenvalue weighted by Crippen LogP contribution is 2.30. The highest BCUT2D eigenvalue weighted by Gasteiger charge is 2.25. The first kappa shape index (κ1) is 19.9. The molecule has 154 valence electrons. The minimum Gasteiger partial charge on any atom is -0.497 e. The number of benzene rings is 2. The molecule has 1 fully saturated rings. The number of carbonyl (C=O) groups is 1. The third-order valence-electron chi connectivity index (χ3n) is 5.60. The Labute approximate surface area is 177 Å². The molecule has 0 aliphatic carbocycles. The smallest absolute Gasteiger partial charge is 0.223 e. The number of hydrogen-bond donors (Lipinski definition) is 0. The number of nitrogens with zero attached hydrogens (tertiary/aromatic N) is 4. The van der Waals surface area contributed by atoms with Crippen molar-refractivity contribution in [3.8, 4) is 5.75 Å². The average Bonchev–Trinajstić information content (AvgIpc) is 2.84. The van der Waals surface area contributed by atoms with Gasteiger partial charge in [-0.15, -0.1) is 0 Å². The summed E-state index contributed by atoms with van der Waals surface area (Å²) in [7, 11) is 1.66. The van der Waals surface area contributed by atoms with Crippen LogP contribution in [-0.4, -0.2) is 54.1 Å². The Morgan fingerprint density at radius 1 is 0.967 bits per heavy atom. The highest BCUT2D eigenvalue weighted by molar-refractivity contribution is 5.78. The Bertz CT molecular complexity index is 940. The summed E-state index contributed by atoms with van der Waals surface area (Å²) in [5.74, 6) is 1.88. The van der Waals surface area contributed by atoms with Gasteiger partial charge in [-0.25, -0.2) is 4.98 Å². The van der Waals surface area contributed by atoms with Gasteiger partial charge in [0, 0.05) is 50.9 Å². The number of carbonyl (C=O) groups excluding carboxylic acids is 1. The summed E-state index contributed by atoms with van der Waals surface area (Å²) in [5.41, 5.74) is 2.27. The van der Waals surface area contributed by atoms with Crippen LogP contribution in [0, 0.1) is 0 Å². The molecule has 0 N–H and O–H groups in total. The molecule has 1 atom stereocenters.